The highest BCUT2D eigenvalue weighted by Crippen LogP contribution is 2.28. The molecule has 2 fully saturated rings. The number of aromatic nitrogens is 4. The number of fused-ring (bicyclic) bond motifs is 1. The maximum Gasteiger partial charge on any atom is 0.261 e. The van der Waals surface area contributed by atoms with Gasteiger partial charge in [0.15, 0.2) is 0 Å². The molecule has 1 aliphatic heterocycles. The highest BCUT2D eigenvalue weighted by Gasteiger charge is 2.21. The van der Waals surface area contributed by atoms with Crippen LogP contribution in [0.25, 0.3) is 10.9 Å². The van der Waals surface area contributed by atoms with Crippen molar-refractivity contribution < 1.29 is 0 Å². The zero-order chi connectivity index (χ0) is 19.6. The van der Waals surface area contributed by atoms with Crippen molar-refractivity contribution in [3.8, 4) is 0 Å². The summed E-state index contributed by atoms with van der Waals surface area (Å²) in [7, 11) is 0. The molecule has 1 saturated heterocycles. The average molecular weight is 390 g/mol. The van der Waals surface area contributed by atoms with Crippen LogP contribution in [0.3, 0.4) is 0 Å². The van der Waals surface area contributed by atoms with E-state index in [4.69, 9.17) is 0 Å². The van der Waals surface area contributed by atoms with E-state index in [0.29, 0.717) is 6.04 Å². The van der Waals surface area contributed by atoms with E-state index < -0.39 is 0 Å². The predicted molar refractivity (Wildman–Crippen MR) is 113 cm³/mol. The summed E-state index contributed by atoms with van der Waals surface area (Å²) in [6.45, 7) is 4.60. The summed E-state index contributed by atoms with van der Waals surface area (Å²) >= 11 is 0. The van der Waals surface area contributed by atoms with E-state index in [-0.39, 0.29) is 5.56 Å². The van der Waals surface area contributed by atoms with E-state index in [1.165, 1.54) is 12.8 Å². The molecule has 0 radical (unpaired) electrons. The summed E-state index contributed by atoms with van der Waals surface area (Å²) in [6.07, 6.45) is 9.92. The first-order valence-electron chi connectivity index (χ1n) is 10.5. The first kappa shape index (κ1) is 18.2. The second-order valence-corrected chi connectivity index (χ2v) is 8.02. The molecule has 1 aliphatic carbocycles. The second-order valence-electron chi connectivity index (χ2n) is 8.02. The zero-order valence-corrected chi connectivity index (χ0v) is 16.6. The van der Waals surface area contributed by atoms with E-state index in [1.54, 1.807) is 18.7 Å². The molecule has 1 aromatic carbocycles. The average Bonchev–Trinajstić information content (AvgIpc) is 3.30. The van der Waals surface area contributed by atoms with Gasteiger partial charge in [-0.1, -0.05) is 12.8 Å². The van der Waals surface area contributed by atoms with Crippen molar-refractivity contribution in [2.45, 2.75) is 38.3 Å². The third-order valence-electron chi connectivity index (χ3n) is 6.21. The monoisotopic (exact) mass is 390 g/mol. The summed E-state index contributed by atoms with van der Waals surface area (Å²) < 4.78 is 1.85. The van der Waals surface area contributed by atoms with E-state index in [1.807, 2.05) is 16.7 Å². The maximum atomic E-state index is 12.9. The smallest absolute Gasteiger partial charge is 0.261 e. The summed E-state index contributed by atoms with van der Waals surface area (Å²) in [5.74, 6) is 0.870. The number of benzene rings is 1. The summed E-state index contributed by atoms with van der Waals surface area (Å²) in [4.78, 5) is 30.9. The Morgan fingerprint density at radius 3 is 2.48 bits per heavy atom. The van der Waals surface area contributed by atoms with Gasteiger partial charge in [-0.25, -0.2) is 15.0 Å². The zero-order valence-electron chi connectivity index (χ0n) is 16.6. The van der Waals surface area contributed by atoms with Crippen LogP contribution in [0.5, 0.6) is 0 Å². The molecule has 3 aromatic rings. The lowest BCUT2D eigenvalue weighted by atomic mass is 10.1. The van der Waals surface area contributed by atoms with Crippen LogP contribution in [0.1, 0.15) is 37.5 Å². The van der Waals surface area contributed by atoms with Gasteiger partial charge in [0.25, 0.3) is 5.56 Å². The molecule has 0 unspecified atom stereocenters. The summed E-state index contributed by atoms with van der Waals surface area (Å²) in [5, 5.41) is 0.725. The fourth-order valence-electron chi connectivity index (χ4n) is 4.54. The Kier molecular flexibility index (Phi) is 4.97. The quantitative estimate of drug-likeness (QED) is 0.682. The molecule has 7 heteroatoms. The van der Waals surface area contributed by atoms with Crippen LogP contribution >= 0.6 is 0 Å². The van der Waals surface area contributed by atoms with E-state index in [9.17, 15) is 4.79 Å². The van der Waals surface area contributed by atoms with Crippen molar-refractivity contribution in [2.24, 2.45) is 0 Å². The highest BCUT2D eigenvalue weighted by molar-refractivity contribution is 5.81. The minimum atomic E-state index is 0.0983. The number of hydrogen-bond acceptors (Lipinski definition) is 6. The lowest BCUT2D eigenvalue weighted by Gasteiger charge is -2.35. The first-order valence-corrected chi connectivity index (χ1v) is 10.5. The standard InChI is InChI=1S/C22H26N6O/c29-22-19-7-6-18(14-20(19)25-16-28(22)17-4-1-2-5-17)27-12-10-26(11-13-27)15-21-23-8-3-9-24-21/h3,6-9,14,16-17H,1-2,4-5,10-13,15H2. The van der Waals surface area contributed by atoms with Gasteiger partial charge in [-0.3, -0.25) is 14.3 Å². The van der Waals surface area contributed by atoms with Crippen LogP contribution in [0, 0.1) is 0 Å². The van der Waals surface area contributed by atoms with Gasteiger partial charge in [0, 0.05) is 50.3 Å². The van der Waals surface area contributed by atoms with Crippen LogP contribution in [-0.2, 0) is 6.54 Å². The number of rotatable bonds is 4. The number of nitrogens with zero attached hydrogens (tertiary/aromatic N) is 6. The van der Waals surface area contributed by atoms with Gasteiger partial charge in [-0.05, 0) is 37.1 Å². The van der Waals surface area contributed by atoms with Gasteiger partial charge >= 0.3 is 0 Å². The Bertz CT molecular complexity index is 1040. The molecule has 0 atom stereocenters. The maximum absolute atomic E-state index is 12.9. The molecule has 29 heavy (non-hydrogen) atoms. The van der Waals surface area contributed by atoms with Gasteiger partial charge in [0.05, 0.1) is 23.8 Å². The molecular weight excluding hydrogens is 364 g/mol. The van der Waals surface area contributed by atoms with Crippen molar-refractivity contribution >= 4 is 16.6 Å². The van der Waals surface area contributed by atoms with Crippen molar-refractivity contribution in [2.75, 3.05) is 31.1 Å². The lowest BCUT2D eigenvalue weighted by molar-refractivity contribution is 0.244. The third-order valence-corrected chi connectivity index (χ3v) is 6.21. The molecule has 2 aromatic heterocycles. The Morgan fingerprint density at radius 2 is 1.72 bits per heavy atom. The molecule has 0 bridgehead atoms. The van der Waals surface area contributed by atoms with E-state index in [0.717, 1.165) is 68.0 Å². The summed E-state index contributed by atoms with van der Waals surface area (Å²) in [6, 6.07) is 8.25. The molecule has 7 nitrogen and oxygen atoms in total. The minimum absolute atomic E-state index is 0.0983. The van der Waals surface area contributed by atoms with Crippen molar-refractivity contribution in [3.63, 3.8) is 0 Å². The largest absolute Gasteiger partial charge is 0.369 e. The van der Waals surface area contributed by atoms with Gasteiger partial charge in [-0.15, -0.1) is 0 Å². The van der Waals surface area contributed by atoms with Gasteiger partial charge in [0.1, 0.15) is 5.82 Å². The predicted octanol–water partition coefficient (Wildman–Crippen LogP) is 2.62. The lowest BCUT2D eigenvalue weighted by Crippen LogP contribution is -2.46. The molecular formula is C22H26N6O. The van der Waals surface area contributed by atoms with Crippen LogP contribution in [0.2, 0.25) is 0 Å². The molecule has 0 spiro atoms. The Balaban J connectivity index is 1.30. The fraction of sp³-hybridized carbons (Fsp3) is 0.455. The summed E-state index contributed by atoms with van der Waals surface area (Å²) in [5.41, 5.74) is 2.03. The second kappa shape index (κ2) is 7.91. The minimum Gasteiger partial charge on any atom is -0.369 e. The Morgan fingerprint density at radius 1 is 0.966 bits per heavy atom. The van der Waals surface area contributed by atoms with E-state index >= 15 is 0 Å². The number of hydrogen-bond donors (Lipinski definition) is 0. The van der Waals surface area contributed by atoms with E-state index in [2.05, 4.69) is 36.9 Å². The van der Waals surface area contributed by atoms with Crippen molar-refractivity contribution in [1.82, 2.24) is 24.4 Å². The Hall–Kier alpha value is -2.80. The van der Waals surface area contributed by atoms with Crippen molar-refractivity contribution in [1.29, 1.82) is 0 Å². The molecule has 0 N–H and O–H groups in total. The first-order chi connectivity index (χ1) is 14.3. The molecule has 5 rings (SSSR count). The molecule has 0 amide bonds. The van der Waals surface area contributed by atoms with Crippen LogP contribution in [0.15, 0.2) is 47.8 Å². The molecule has 1 saturated carbocycles. The Labute approximate surface area is 170 Å². The van der Waals surface area contributed by atoms with Gasteiger partial charge < -0.3 is 4.90 Å². The fourth-order valence-corrected chi connectivity index (χ4v) is 4.54. The van der Waals surface area contributed by atoms with Gasteiger partial charge in [-0.2, -0.15) is 0 Å². The molecule has 150 valence electrons. The number of piperazine rings is 1. The topological polar surface area (TPSA) is 67.2 Å². The molecule has 2 aliphatic rings. The van der Waals surface area contributed by atoms with Crippen LogP contribution in [-0.4, -0.2) is 50.6 Å². The van der Waals surface area contributed by atoms with Gasteiger partial charge in [0.2, 0.25) is 0 Å². The van der Waals surface area contributed by atoms with Crippen LogP contribution in [0.4, 0.5) is 5.69 Å². The number of anilines is 1. The third kappa shape index (κ3) is 3.74. The SMILES string of the molecule is O=c1c2ccc(N3CCN(Cc4ncccn4)CC3)cc2ncn1C1CCCC1. The normalized spacial score (nSPS) is 18.6. The molecule has 3 heterocycles. The highest BCUT2D eigenvalue weighted by atomic mass is 16.1. The van der Waals surface area contributed by atoms with Crippen molar-refractivity contribution in [3.05, 3.63) is 59.2 Å². The van der Waals surface area contributed by atoms with Crippen LogP contribution < -0.4 is 10.5 Å².